The van der Waals surface area contributed by atoms with Crippen LogP contribution in [-0.2, 0) is 14.3 Å². The van der Waals surface area contributed by atoms with Gasteiger partial charge in [0.1, 0.15) is 11.5 Å². The number of rotatable bonds is 9. The van der Waals surface area contributed by atoms with Crippen molar-refractivity contribution < 1.29 is 23.8 Å². The predicted molar refractivity (Wildman–Crippen MR) is 97.7 cm³/mol. The summed E-state index contributed by atoms with van der Waals surface area (Å²) in [5, 5.41) is 0. The summed E-state index contributed by atoms with van der Waals surface area (Å²) in [7, 11) is 4.41. The monoisotopic (exact) mass is 344 g/mol. The van der Waals surface area contributed by atoms with Crippen LogP contribution < -0.4 is 9.47 Å². The maximum Gasteiger partial charge on any atom is 0.338 e. The third-order valence-electron chi connectivity index (χ3n) is 3.47. The average molecular weight is 344 g/mol. The first-order valence-electron chi connectivity index (χ1n) is 7.89. The number of carbonyl (C=O) groups excluding carboxylic acids is 2. The van der Waals surface area contributed by atoms with Crippen LogP contribution >= 0.6 is 0 Å². The normalized spacial score (nSPS) is 11.7. The van der Waals surface area contributed by atoms with Crippen molar-refractivity contribution in [3.8, 4) is 11.5 Å². The van der Waals surface area contributed by atoms with Crippen LogP contribution in [0.5, 0.6) is 11.5 Å². The summed E-state index contributed by atoms with van der Waals surface area (Å²) in [6.45, 7) is 5.43. The van der Waals surface area contributed by atoms with Gasteiger partial charge in [-0.1, -0.05) is 19.9 Å². The fourth-order valence-electron chi connectivity index (χ4n) is 2.26. The quantitative estimate of drug-likeness (QED) is 0.388. The molecule has 5 nitrogen and oxygen atoms in total. The number of hydrogen-bond donors (Lipinski definition) is 0. The van der Waals surface area contributed by atoms with Crippen molar-refractivity contribution in [2.45, 2.75) is 19.8 Å². The van der Waals surface area contributed by atoms with Crippen molar-refractivity contribution in [3.63, 3.8) is 0 Å². The summed E-state index contributed by atoms with van der Waals surface area (Å²) < 4.78 is 15.4. The Balaban J connectivity index is 3.50. The lowest BCUT2D eigenvalue weighted by Gasteiger charge is -2.11. The smallest absolute Gasteiger partial charge is 0.338 e. The molecular weight excluding hydrogens is 320 g/mol. The minimum absolute atomic E-state index is 0.263. The highest BCUT2D eigenvalue weighted by molar-refractivity contribution is 6.04. The van der Waals surface area contributed by atoms with Gasteiger partial charge in [0.05, 0.1) is 26.9 Å². The van der Waals surface area contributed by atoms with Crippen LogP contribution in [0.15, 0.2) is 48.1 Å². The van der Waals surface area contributed by atoms with Gasteiger partial charge in [-0.05, 0) is 47.9 Å². The van der Waals surface area contributed by atoms with E-state index >= 15 is 0 Å². The van der Waals surface area contributed by atoms with Crippen LogP contribution in [0.1, 0.15) is 25.3 Å². The van der Waals surface area contributed by atoms with Crippen molar-refractivity contribution >= 4 is 17.8 Å². The van der Waals surface area contributed by atoms with E-state index in [1.807, 2.05) is 6.92 Å². The minimum atomic E-state index is -0.515. The molecule has 0 N–H and O–H groups in total. The maximum absolute atomic E-state index is 12.3. The Morgan fingerprint density at radius 2 is 1.68 bits per heavy atom. The molecule has 5 heteroatoms. The summed E-state index contributed by atoms with van der Waals surface area (Å²) >= 11 is 0. The van der Waals surface area contributed by atoms with E-state index in [0.717, 1.165) is 6.42 Å². The predicted octanol–water partition coefficient (Wildman–Crippen LogP) is 3.74. The van der Waals surface area contributed by atoms with Gasteiger partial charge < -0.3 is 14.2 Å². The van der Waals surface area contributed by atoms with Crippen molar-refractivity contribution in [1.82, 2.24) is 0 Å². The highest BCUT2D eigenvalue weighted by atomic mass is 16.5. The number of ether oxygens (including phenoxy) is 3. The van der Waals surface area contributed by atoms with Gasteiger partial charge in [-0.3, -0.25) is 4.79 Å². The molecule has 0 aliphatic heterocycles. The largest absolute Gasteiger partial charge is 0.497 e. The molecule has 0 aromatic heterocycles. The van der Waals surface area contributed by atoms with E-state index in [1.165, 1.54) is 19.3 Å². The van der Waals surface area contributed by atoms with E-state index < -0.39 is 5.97 Å². The number of carbonyl (C=O) groups is 2. The molecule has 1 aromatic rings. The number of hydrogen-bond acceptors (Lipinski definition) is 5. The minimum Gasteiger partial charge on any atom is -0.497 e. The third kappa shape index (κ3) is 5.95. The van der Waals surface area contributed by atoms with E-state index in [0.29, 0.717) is 34.6 Å². The molecule has 0 aliphatic carbocycles. The van der Waals surface area contributed by atoms with Crippen LogP contribution in [0.2, 0.25) is 0 Å². The first-order valence-corrected chi connectivity index (χ1v) is 7.89. The summed E-state index contributed by atoms with van der Waals surface area (Å²) in [6, 6.07) is 5.27. The lowest BCUT2D eigenvalue weighted by atomic mass is 9.97. The molecular formula is C20H24O5. The van der Waals surface area contributed by atoms with Gasteiger partial charge in [-0.25, -0.2) is 4.79 Å². The van der Waals surface area contributed by atoms with Gasteiger partial charge in [0.25, 0.3) is 0 Å². The van der Waals surface area contributed by atoms with Crippen LogP contribution in [0.3, 0.4) is 0 Å². The Labute approximate surface area is 148 Å². The van der Waals surface area contributed by atoms with Gasteiger partial charge in [0, 0.05) is 6.07 Å². The van der Waals surface area contributed by atoms with Crippen molar-refractivity contribution in [3.05, 3.63) is 53.6 Å². The molecule has 0 saturated carbocycles. The zero-order valence-electron chi connectivity index (χ0n) is 15.1. The van der Waals surface area contributed by atoms with Gasteiger partial charge in [0.2, 0.25) is 0 Å². The molecule has 0 saturated heterocycles. The molecule has 1 rings (SSSR count). The Morgan fingerprint density at radius 1 is 1.08 bits per heavy atom. The molecule has 0 aliphatic rings. The maximum atomic E-state index is 12.3. The second kappa shape index (κ2) is 10.1. The Bertz CT molecular complexity index is 676. The third-order valence-corrected chi connectivity index (χ3v) is 3.47. The number of benzene rings is 1. The molecule has 0 atom stereocenters. The fraction of sp³-hybridized carbons (Fsp3) is 0.300. The van der Waals surface area contributed by atoms with Crippen LogP contribution in [0.4, 0.5) is 0 Å². The fourth-order valence-corrected chi connectivity index (χ4v) is 2.26. The van der Waals surface area contributed by atoms with E-state index in [-0.39, 0.29) is 5.78 Å². The zero-order chi connectivity index (χ0) is 18.8. The second-order valence-electron chi connectivity index (χ2n) is 5.22. The lowest BCUT2D eigenvalue weighted by molar-refractivity contribution is -0.135. The molecule has 25 heavy (non-hydrogen) atoms. The van der Waals surface area contributed by atoms with Crippen LogP contribution in [0, 0.1) is 0 Å². The molecule has 134 valence electrons. The van der Waals surface area contributed by atoms with Gasteiger partial charge in [-0.2, -0.15) is 0 Å². The Morgan fingerprint density at radius 3 is 2.12 bits per heavy atom. The number of allylic oxidation sites excluding steroid dienone is 2. The highest BCUT2D eigenvalue weighted by Gasteiger charge is 2.16. The molecule has 0 radical (unpaired) electrons. The Hall–Kier alpha value is -2.82. The summed E-state index contributed by atoms with van der Waals surface area (Å²) in [5.41, 5.74) is 1.61. The van der Waals surface area contributed by atoms with Gasteiger partial charge in [-0.15, -0.1) is 0 Å². The van der Waals surface area contributed by atoms with Crippen LogP contribution in [0.25, 0.3) is 6.08 Å². The summed E-state index contributed by atoms with van der Waals surface area (Å²) in [6.07, 6.45) is 5.61. The summed E-state index contributed by atoms with van der Waals surface area (Å²) in [4.78, 5) is 24.0. The van der Waals surface area contributed by atoms with Crippen LogP contribution in [-0.4, -0.2) is 33.1 Å². The number of methoxy groups -OCH3 is 3. The van der Waals surface area contributed by atoms with Gasteiger partial charge >= 0.3 is 5.97 Å². The number of esters is 1. The number of ketones is 1. The molecule has 0 heterocycles. The van der Waals surface area contributed by atoms with E-state index in [4.69, 9.17) is 14.2 Å². The van der Waals surface area contributed by atoms with Crippen molar-refractivity contribution in [2.24, 2.45) is 0 Å². The van der Waals surface area contributed by atoms with Crippen molar-refractivity contribution in [1.29, 1.82) is 0 Å². The molecule has 0 bridgehead atoms. The van der Waals surface area contributed by atoms with E-state index in [2.05, 4.69) is 6.58 Å². The van der Waals surface area contributed by atoms with Crippen molar-refractivity contribution in [2.75, 3.05) is 21.3 Å². The van der Waals surface area contributed by atoms with Gasteiger partial charge in [0.15, 0.2) is 5.78 Å². The SMILES string of the molecule is C=CC(=O)/C=C(CCC)/C(=C/c1cc(OC)cc(OC)c1)C(=O)OC. The molecule has 0 fully saturated rings. The lowest BCUT2D eigenvalue weighted by Crippen LogP contribution is -2.08. The average Bonchev–Trinajstić information content (AvgIpc) is 2.64. The first kappa shape index (κ1) is 20.2. The zero-order valence-corrected chi connectivity index (χ0v) is 15.1. The first-order chi connectivity index (χ1) is 12.0. The van der Waals surface area contributed by atoms with E-state index in [9.17, 15) is 9.59 Å². The molecule has 1 aromatic carbocycles. The standard InChI is InChI=1S/C20H24O5/c1-6-8-15(12-16(21)7-2)19(20(22)25-5)11-14-9-17(23-3)13-18(10-14)24-4/h7,9-13H,2,6,8H2,1,3-5H3/b15-12+,19-11-. The highest BCUT2D eigenvalue weighted by Crippen LogP contribution is 2.27. The topological polar surface area (TPSA) is 61.8 Å². The van der Waals surface area contributed by atoms with E-state index in [1.54, 1.807) is 38.5 Å². The molecule has 0 amide bonds. The molecule has 0 spiro atoms. The second-order valence-corrected chi connectivity index (χ2v) is 5.22. The molecule has 0 unspecified atom stereocenters. The Kier molecular flexibility index (Phi) is 8.19. The summed E-state index contributed by atoms with van der Waals surface area (Å²) in [5.74, 6) is 0.413.